The second kappa shape index (κ2) is 7.31. The van der Waals surface area contributed by atoms with Gasteiger partial charge in [0, 0.05) is 16.7 Å². The van der Waals surface area contributed by atoms with Crippen molar-refractivity contribution in [1.29, 1.82) is 0 Å². The van der Waals surface area contributed by atoms with E-state index in [-0.39, 0.29) is 5.82 Å². The number of halogens is 1. The summed E-state index contributed by atoms with van der Waals surface area (Å²) in [6.45, 7) is 0. The monoisotopic (exact) mass is 291 g/mol. The summed E-state index contributed by atoms with van der Waals surface area (Å²) in [7, 11) is 1.93. The summed E-state index contributed by atoms with van der Waals surface area (Å²) in [5.74, 6) is 0.973. The predicted octanol–water partition coefficient (Wildman–Crippen LogP) is 3.45. The van der Waals surface area contributed by atoms with Crippen molar-refractivity contribution in [3.05, 3.63) is 59.9 Å². The Morgan fingerprint density at radius 1 is 1.20 bits per heavy atom. The van der Waals surface area contributed by atoms with Gasteiger partial charge in [0.05, 0.1) is 0 Å². The standard InChI is InChI=1S/C16H18FNOS/c1-18-14(9-12-3-2-4-15(19)10-12)11-20-16-7-5-13(17)6-8-16/h2-8,10,14,18-19H,9,11H2,1H3. The van der Waals surface area contributed by atoms with Crippen LogP contribution in [0.1, 0.15) is 5.56 Å². The molecule has 2 aromatic rings. The molecule has 4 heteroatoms. The van der Waals surface area contributed by atoms with E-state index in [2.05, 4.69) is 5.32 Å². The SMILES string of the molecule is CNC(CSc1ccc(F)cc1)Cc1cccc(O)c1. The van der Waals surface area contributed by atoms with Gasteiger partial charge in [0.25, 0.3) is 0 Å². The van der Waals surface area contributed by atoms with E-state index in [4.69, 9.17) is 0 Å². The molecule has 0 aromatic heterocycles. The van der Waals surface area contributed by atoms with E-state index in [0.717, 1.165) is 22.6 Å². The average Bonchev–Trinajstić information content (AvgIpc) is 2.45. The molecule has 106 valence electrons. The molecule has 20 heavy (non-hydrogen) atoms. The van der Waals surface area contributed by atoms with E-state index in [1.54, 1.807) is 36.0 Å². The highest BCUT2D eigenvalue weighted by Crippen LogP contribution is 2.20. The fourth-order valence-corrected chi connectivity index (χ4v) is 2.95. The number of rotatable bonds is 6. The van der Waals surface area contributed by atoms with Gasteiger partial charge in [-0.05, 0) is 55.4 Å². The molecule has 0 saturated heterocycles. The second-order valence-corrected chi connectivity index (χ2v) is 5.72. The van der Waals surface area contributed by atoms with Crippen molar-refractivity contribution < 1.29 is 9.50 Å². The summed E-state index contributed by atoms with van der Waals surface area (Å²) in [5.41, 5.74) is 1.10. The first kappa shape index (κ1) is 14.9. The summed E-state index contributed by atoms with van der Waals surface area (Å²) >= 11 is 1.69. The molecule has 2 rings (SSSR count). The van der Waals surface area contributed by atoms with Gasteiger partial charge in [0.15, 0.2) is 0 Å². The third kappa shape index (κ3) is 4.54. The van der Waals surface area contributed by atoms with Crippen LogP contribution >= 0.6 is 11.8 Å². The first-order chi connectivity index (χ1) is 9.67. The Morgan fingerprint density at radius 2 is 1.95 bits per heavy atom. The lowest BCUT2D eigenvalue weighted by molar-refractivity contribution is 0.474. The maximum Gasteiger partial charge on any atom is 0.123 e. The Kier molecular flexibility index (Phi) is 5.44. The van der Waals surface area contributed by atoms with Gasteiger partial charge in [-0.15, -0.1) is 11.8 Å². The number of nitrogens with one attached hydrogen (secondary N) is 1. The highest BCUT2D eigenvalue weighted by molar-refractivity contribution is 7.99. The topological polar surface area (TPSA) is 32.3 Å². The smallest absolute Gasteiger partial charge is 0.123 e. The lowest BCUT2D eigenvalue weighted by Crippen LogP contribution is -2.30. The number of phenolic OH excluding ortho intramolecular Hbond substituents is 1. The Hall–Kier alpha value is -1.52. The van der Waals surface area contributed by atoms with Gasteiger partial charge in [-0.1, -0.05) is 12.1 Å². The molecule has 1 unspecified atom stereocenters. The van der Waals surface area contributed by atoms with Crippen LogP contribution in [0.4, 0.5) is 4.39 Å². The molecule has 2 aromatic carbocycles. The van der Waals surface area contributed by atoms with Crippen LogP contribution in [0.2, 0.25) is 0 Å². The zero-order valence-electron chi connectivity index (χ0n) is 11.3. The quantitative estimate of drug-likeness (QED) is 0.800. The van der Waals surface area contributed by atoms with E-state index in [9.17, 15) is 9.50 Å². The van der Waals surface area contributed by atoms with Crippen molar-refractivity contribution in [2.24, 2.45) is 0 Å². The number of hydrogen-bond acceptors (Lipinski definition) is 3. The molecule has 0 aliphatic carbocycles. The van der Waals surface area contributed by atoms with Gasteiger partial charge in [-0.3, -0.25) is 0 Å². The molecule has 0 fully saturated rings. The third-order valence-electron chi connectivity index (χ3n) is 3.07. The highest BCUT2D eigenvalue weighted by atomic mass is 32.2. The second-order valence-electron chi connectivity index (χ2n) is 4.62. The fourth-order valence-electron chi connectivity index (χ4n) is 1.94. The Labute approximate surface area is 123 Å². The molecule has 0 spiro atoms. The van der Waals surface area contributed by atoms with E-state index in [1.807, 2.05) is 19.2 Å². The van der Waals surface area contributed by atoms with Crippen molar-refractivity contribution in [2.45, 2.75) is 17.4 Å². The van der Waals surface area contributed by atoms with Crippen LogP contribution in [0.5, 0.6) is 5.75 Å². The van der Waals surface area contributed by atoms with Crippen molar-refractivity contribution in [3.8, 4) is 5.75 Å². The molecule has 2 N–H and O–H groups in total. The zero-order chi connectivity index (χ0) is 14.4. The minimum atomic E-state index is -0.209. The fraction of sp³-hybridized carbons (Fsp3) is 0.250. The van der Waals surface area contributed by atoms with Crippen molar-refractivity contribution >= 4 is 11.8 Å². The lowest BCUT2D eigenvalue weighted by Gasteiger charge is -2.16. The molecule has 1 atom stereocenters. The normalized spacial score (nSPS) is 12.3. The molecule has 0 aliphatic heterocycles. The number of likely N-dealkylation sites (N-methyl/N-ethyl adjacent to an activating group) is 1. The number of thioether (sulfide) groups is 1. The largest absolute Gasteiger partial charge is 0.508 e. The van der Waals surface area contributed by atoms with Gasteiger partial charge in [0.1, 0.15) is 11.6 Å². The zero-order valence-corrected chi connectivity index (χ0v) is 12.2. The first-order valence-electron chi connectivity index (χ1n) is 6.51. The van der Waals surface area contributed by atoms with Crippen LogP contribution in [0.15, 0.2) is 53.4 Å². The van der Waals surface area contributed by atoms with Crippen LogP contribution in [-0.4, -0.2) is 23.9 Å². The van der Waals surface area contributed by atoms with Gasteiger partial charge >= 0.3 is 0 Å². The van der Waals surface area contributed by atoms with Crippen LogP contribution in [0.25, 0.3) is 0 Å². The van der Waals surface area contributed by atoms with Crippen LogP contribution in [0.3, 0.4) is 0 Å². The summed E-state index contributed by atoms with van der Waals surface area (Å²) in [5, 5.41) is 12.7. The first-order valence-corrected chi connectivity index (χ1v) is 7.49. The van der Waals surface area contributed by atoms with E-state index in [0.29, 0.717) is 11.8 Å². The molecule has 0 amide bonds. The number of hydrogen-bond donors (Lipinski definition) is 2. The minimum absolute atomic E-state index is 0.209. The minimum Gasteiger partial charge on any atom is -0.508 e. The molecule has 0 heterocycles. The van der Waals surface area contributed by atoms with E-state index < -0.39 is 0 Å². The molecule has 0 radical (unpaired) electrons. The van der Waals surface area contributed by atoms with Crippen molar-refractivity contribution in [1.82, 2.24) is 5.32 Å². The number of aromatic hydroxyl groups is 1. The summed E-state index contributed by atoms with van der Waals surface area (Å²) in [6.07, 6.45) is 0.846. The molecule has 2 nitrogen and oxygen atoms in total. The maximum atomic E-state index is 12.8. The lowest BCUT2D eigenvalue weighted by atomic mass is 10.1. The molecule has 0 saturated carbocycles. The molecule has 0 aliphatic rings. The maximum absolute atomic E-state index is 12.8. The van der Waals surface area contributed by atoms with Crippen molar-refractivity contribution in [3.63, 3.8) is 0 Å². The van der Waals surface area contributed by atoms with Gasteiger partial charge in [-0.25, -0.2) is 4.39 Å². The molecular weight excluding hydrogens is 273 g/mol. The predicted molar refractivity (Wildman–Crippen MR) is 81.8 cm³/mol. The number of benzene rings is 2. The van der Waals surface area contributed by atoms with Crippen LogP contribution in [-0.2, 0) is 6.42 Å². The Morgan fingerprint density at radius 3 is 2.60 bits per heavy atom. The summed E-state index contributed by atoms with van der Waals surface area (Å²) < 4.78 is 12.8. The Bertz CT molecular complexity index is 544. The summed E-state index contributed by atoms with van der Waals surface area (Å²) in [6, 6.07) is 14.2. The van der Waals surface area contributed by atoms with Gasteiger partial charge in [0.2, 0.25) is 0 Å². The van der Waals surface area contributed by atoms with E-state index >= 15 is 0 Å². The van der Waals surface area contributed by atoms with E-state index in [1.165, 1.54) is 12.1 Å². The Balaban J connectivity index is 1.90. The third-order valence-corrected chi connectivity index (χ3v) is 4.24. The summed E-state index contributed by atoms with van der Waals surface area (Å²) in [4.78, 5) is 1.06. The van der Waals surface area contributed by atoms with Crippen molar-refractivity contribution in [2.75, 3.05) is 12.8 Å². The molecule has 0 bridgehead atoms. The van der Waals surface area contributed by atoms with Gasteiger partial charge < -0.3 is 10.4 Å². The van der Waals surface area contributed by atoms with Crippen LogP contribution < -0.4 is 5.32 Å². The molecular formula is C16H18FNOS. The highest BCUT2D eigenvalue weighted by Gasteiger charge is 2.08. The average molecular weight is 291 g/mol. The number of phenols is 1. The van der Waals surface area contributed by atoms with Gasteiger partial charge in [-0.2, -0.15) is 0 Å². The van der Waals surface area contributed by atoms with Crippen LogP contribution in [0, 0.1) is 5.82 Å².